The first-order valence-corrected chi connectivity index (χ1v) is 6.52. The predicted octanol–water partition coefficient (Wildman–Crippen LogP) is 2.08. The first-order valence-electron chi connectivity index (χ1n) is 6.52. The van der Waals surface area contributed by atoms with Gasteiger partial charge in [0.25, 0.3) is 5.69 Å². The molecule has 0 heterocycles. The standard InChI is InChI=1S/C14H20N4O3.HI/c1-3-8-15-14(16-9-10-21-2)17-11-12-4-6-13(7-5-12)18(19)20;/h3-7H,1,8-11H2,2H3,(H2,15,16,17);1H. The maximum absolute atomic E-state index is 10.6. The van der Waals surface area contributed by atoms with Crippen molar-refractivity contribution in [3.05, 3.63) is 52.6 Å². The van der Waals surface area contributed by atoms with E-state index in [0.717, 1.165) is 5.56 Å². The Morgan fingerprint density at radius 2 is 2.09 bits per heavy atom. The Bertz CT molecular complexity index is 491. The number of nitro benzene ring substituents is 1. The number of halogens is 1. The van der Waals surface area contributed by atoms with E-state index in [0.29, 0.717) is 32.2 Å². The fourth-order valence-corrected chi connectivity index (χ4v) is 1.51. The van der Waals surface area contributed by atoms with Crippen molar-refractivity contribution >= 4 is 35.6 Å². The highest BCUT2D eigenvalue weighted by atomic mass is 127. The molecule has 0 spiro atoms. The molecule has 0 radical (unpaired) electrons. The van der Waals surface area contributed by atoms with E-state index in [1.807, 2.05) is 0 Å². The van der Waals surface area contributed by atoms with E-state index in [1.165, 1.54) is 12.1 Å². The van der Waals surface area contributed by atoms with Crippen LogP contribution in [0.2, 0.25) is 0 Å². The van der Waals surface area contributed by atoms with Gasteiger partial charge in [-0.1, -0.05) is 18.2 Å². The average Bonchev–Trinajstić information content (AvgIpc) is 2.50. The molecular weight excluding hydrogens is 399 g/mol. The topological polar surface area (TPSA) is 88.8 Å². The highest BCUT2D eigenvalue weighted by Crippen LogP contribution is 2.12. The van der Waals surface area contributed by atoms with Gasteiger partial charge in [-0.05, 0) is 5.56 Å². The lowest BCUT2D eigenvalue weighted by Gasteiger charge is -2.10. The van der Waals surface area contributed by atoms with Gasteiger partial charge in [0.2, 0.25) is 0 Å². The zero-order chi connectivity index (χ0) is 15.5. The minimum absolute atomic E-state index is 0. The predicted molar refractivity (Wildman–Crippen MR) is 97.7 cm³/mol. The lowest BCUT2D eigenvalue weighted by molar-refractivity contribution is -0.384. The van der Waals surface area contributed by atoms with Gasteiger partial charge in [-0.15, -0.1) is 30.6 Å². The Morgan fingerprint density at radius 3 is 2.64 bits per heavy atom. The highest BCUT2D eigenvalue weighted by molar-refractivity contribution is 14.0. The molecule has 0 fully saturated rings. The van der Waals surface area contributed by atoms with Crippen LogP contribution in [0.5, 0.6) is 0 Å². The van der Waals surface area contributed by atoms with E-state index in [9.17, 15) is 10.1 Å². The molecule has 0 aromatic heterocycles. The van der Waals surface area contributed by atoms with E-state index in [-0.39, 0.29) is 29.7 Å². The second kappa shape index (κ2) is 11.9. The molecule has 1 aromatic carbocycles. The van der Waals surface area contributed by atoms with Crippen LogP contribution < -0.4 is 10.6 Å². The van der Waals surface area contributed by atoms with Crippen molar-refractivity contribution in [2.24, 2.45) is 4.99 Å². The molecule has 0 amide bonds. The molecule has 0 atom stereocenters. The lowest BCUT2D eigenvalue weighted by Crippen LogP contribution is -2.39. The zero-order valence-electron chi connectivity index (χ0n) is 12.4. The SMILES string of the molecule is C=CCNC(=NCc1ccc([N+](=O)[O-])cc1)NCCOC.I. The first kappa shape index (κ1) is 20.3. The number of hydrogen-bond acceptors (Lipinski definition) is 4. The van der Waals surface area contributed by atoms with Crippen LogP contribution in [0.25, 0.3) is 0 Å². The molecule has 1 rings (SSSR count). The third kappa shape index (κ3) is 7.93. The summed E-state index contributed by atoms with van der Waals surface area (Å²) in [4.78, 5) is 14.6. The second-order valence-electron chi connectivity index (χ2n) is 4.18. The number of non-ortho nitro benzene ring substituents is 1. The molecule has 0 aliphatic carbocycles. The van der Waals surface area contributed by atoms with E-state index >= 15 is 0 Å². The minimum Gasteiger partial charge on any atom is -0.383 e. The number of rotatable bonds is 8. The van der Waals surface area contributed by atoms with Crippen molar-refractivity contribution in [2.75, 3.05) is 26.8 Å². The van der Waals surface area contributed by atoms with Gasteiger partial charge >= 0.3 is 0 Å². The Labute approximate surface area is 147 Å². The van der Waals surface area contributed by atoms with Crippen LogP contribution in [-0.2, 0) is 11.3 Å². The van der Waals surface area contributed by atoms with Gasteiger partial charge in [-0.3, -0.25) is 10.1 Å². The van der Waals surface area contributed by atoms with Crippen molar-refractivity contribution in [3.63, 3.8) is 0 Å². The Morgan fingerprint density at radius 1 is 1.41 bits per heavy atom. The van der Waals surface area contributed by atoms with Crippen molar-refractivity contribution in [3.8, 4) is 0 Å². The number of benzene rings is 1. The Hall–Kier alpha value is -1.68. The summed E-state index contributed by atoms with van der Waals surface area (Å²) in [6.45, 7) is 5.88. The van der Waals surface area contributed by atoms with Gasteiger partial charge in [0, 0.05) is 32.3 Å². The summed E-state index contributed by atoms with van der Waals surface area (Å²) in [5.41, 5.74) is 0.970. The summed E-state index contributed by atoms with van der Waals surface area (Å²) >= 11 is 0. The first-order chi connectivity index (χ1) is 10.2. The average molecular weight is 420 g/mol. The third-order valence-corrected chi connectivity index (χ3v) is 2.58. The Kier molecular flexibility index (Phi) is 11.0. The molecule has 0 aliphatic rings. The van der Waals surface area contributed by atoms with Gasteiger partial charge < -0.3 is 15.4 Å². The number of guanidine groups is 1. The minimum atomic E-state index is -0.420. The smallest absolute Gasteiger partial charge is 0.269 e. The van der Waals surface area contributed by atoms with Crippen molar-refractivity contribution in [2.45, 2.75) is 6.54 Å². The fraction of sp³-hybridized carbons (Fsp3) is 0.357. The molecule has 0 bridgehead atoms. The summed E-state index contributed by atoms with van der Waals surface area (Å²) in [5, 5.41) is 16.8. The van der Waals surface area contributed by atoms with Gasteiger partial charge in [0.15, 0.2) is 5.96 Å². The molecule has 0 aliphatic heterocycles. The number of aliphatic imine (C=N–C) groups is 1. The molecule has 8 heteroatoms. The lowest BCUT2D eigenvalue weighted by atomic mass is 10.2. The third-order valence-electron chi connectivity index (χ3n) is 2.58. The summed E-state index contributed by atoms with van der Waals surface area (Å²) in [6.07, 6.45) is 1.74. The van der Waals surface area contributed by atoms with Crippen LogP contribution in [0.4, 0.5) is 5.69 Å². The largest absolute Gasteiger partial charge is 0.383 e. The maximum Gasteiger partial charge on any atom is 0.269 e. The maximum atomic E-state index is 10.6. The van der Waals surface area contributed by atoms with Gasteiger partial charge in [0.05, 0.1) is 18.1 Å². The van der Waals surface area contributed by atoms with Crippen LogP contribution in [0.15, 0.2) is 41.9 Å². The van der Waals surface area contributed by atoms with E-state index in [2.05, 4.69) is 22.2 Å². The Balaban J connectivity index is 0.00000441. The zero-order valence-corrected chi connectivity index (χ0v) is 14.8. The summed E-state index contributed by atoms with van der Waals surface area (Å²) in [6, 6.07) is 6.34. The van der Waals surface area contributed by atoms with Crippen molar-refractivity contribution in [1.29, 1.82) is 0 Å². The molecule has 22 heavy (non-hydrogen) atoms. The van der Waals surface area contributed by atoms with Crippen LogP contribution in [0.1, 0.15) is 5.56 Å². The molecule has 0 saturated heterocycles. The van der Waals surface area contributed by atoms with E-state index in [4.69, 9.17) is 4.74 Å². The monoisotopic (exact) mass is 420 g/mol. The highest BCUT2D eigenvalue weighted by Gasteiger charge is 2.03. The number of methoxy groups -OCH3 is 1. The summed E-state index contributed by atoms with van der Waals surface area (Å²) in [7, 11) is 1.63. The molecule has 2 N–H and O–H groups in total. The van der Waals surface area contributed by atoms with Gasteiger partial charge in [0.1, 0.15) is 0 Å². The van der Waals surface area contributed by atoms with E-state index in [1.54, 1.807) is 25.3 Å². The molecule has 0 unspecified atom stereocenters. The van der Waals surface area contributed by atoms with Crippen LogP contribution in [0, 0.1) is 10.1 Å². The van der Waals surface area contributed by atoms with Gasteiger partial charge in [-0.2, -0.15) is 0 Å². The normalized spacial score (nSPS) is 10.5. The molecule has 1 aromatic rings. The number of nitro groups is 1. The second-order valence-corrected chi connectivity index (χ2v) is 4.18. The van der Waals surface area contributed by atoms with Crippen LogP contribution >= 0.6 is 24.0 Å². The summed E-state index contributed by atoms with van der Waals surface area (Å²) in [5.74, 6) is 0.644. The number of ether oxygens (including phenoxy) is 1. The van der Waals surface area contributed by atoms with Gasteiger partial charge in [-0.25, -0.2) is 4.99 Å². The number of nitrogens with one attached hydrogen (secondary N) is 2. The number of nitrogens with zero attached hydrogens (tertiary/aromatic N) is 2. The van der Waals surface area contributed by atoms with Crippen molar-refractivity contribution in [1.82, 2.24) is 10.6 Å². The molecule has 0 saturated carbocycles. The molecular formula is C14H21IN4O3. The van der Waals surface area contributed by atoms with E-state index < -0.39 is 4.92 Å². The molecule has 122 valence electrons. The molecule has 7 nitrogen and oxygen atoms in total. The fourth-order valence-electron chi connectivity index (χ4n) is 1.51. The van der Waals surface area contributed by atoms with Crippen molar-refractivity contribution < 1.29 is 9.66 Å². The van der Waals surface area contributed by atoms with Crippen LogP contribution in [0.3, 0.4) is 0 Å². The quantitative estimate of drug-likeness (QED) is 0.128. The summed E-state index contributed by atoms with van der Waals surface area (Å²) < 4.78 is 4.97. The van der Waals surface area contributed by atoms with Crippen LogP contribution in [-0.4, -0.2) is 37.7 Å². The number of hydrogen-bond donors (Lipinski definition) is 2.